The van der Waals surface area contributed by atoms with Crippen LogP contribution in [0.25, 0.3) is 0 Å². The predicted octanol–water partition coefficient (Wildman–Crippen LogP) is -0.386. The number of rotatable bonds is 7. The van der Waals surface area contributed by atoms with Crippen LogP contribution in [0.15, 0.2) is 0 Å². The van der Waals surface area contributed by atoms with Gasteiger partial charge in [-0.25, -0.2) is 4.79 Å². The van der Waals surface area contributed by atoms with Crippen LogP contribution in [0.4, 0.5) is 4.79 Å². The largest absolute Gasteiger partial charge is 0.453 e. The van der Waals surface area contributed by atoms with Gasteiger partial charge in [-0.1, -0.05) is 0 Å². The maximum atomic E-state index is 11.9. The Hall–Kier alpha value is -1.34. The van der Waals surface area contributed by atoms with Crippen LogP contribution >= 0.6 is 0 Å². The molecule has 1 rings (SSSR count). The fourth-order valence-corrected chi connectivity index (χ4v) is 2.28. The molecule has 1 unspecified atom stereocenters. The second-order valence-electron chi connectivity index (χ2n) is 5.13. The maximum Gasteiger partial charge on any atom is 0.407 e. The molecule has 0 radical (unpaired) electrons. The molecule has 1 aliphatic rings. The summed E-state index contributed by atoms with van der Waals surface area (Å²) in [5.74, 6) is 0.142. The van der Waals surface area contributed by atoms with Crippen molar-refractivity contribution < 1.29 is 14.3 Å². The lowest BCUT2D eigenvalue weighted by molar-refractivity contribution is -0.130. The molecule has 0 aliphatic carbocycles. The molecule has 1 aliphatic heterocycles. The minimum atomic E-state index is -0.394. The third kappa shape index (κ3) is 5.75. The van der Waals surface area contributed by atoms with E-state index in [0.717, 1.165) is 32.5 Å². The van der Waals surface area contributed by atoms with Crippen molar-refractivity contribution in [2.75, 3.05) is 46.9 Å². The number of methoxy groups -OCH3 is 1. The highest BCUT2D eigenvalue weighted by atomic mass is 16.5. The van der Waals surface area contributed by atoms with E-state index in [1.165, 1.54) is 7.11 Å². The molecule has 1 saturated heterocycles. The lowest BCUT2D eigenvalue weighted by Gasteiger charge is -2.20. The van der Waals surface area contributed by atoms with Gasteiger partial charge in [0, 0.05) is 45.7 Å². The number of carbonyl (C=O) groups excluding carboxylic acids is 2. The number of amides is 2. The van der Waals surface area contributed by atoms with E-state index in [4.69, 9.17) is 5.73 Å². The Morgan fingerprint density at radius 1 is 1.50 bits per heavy atom. The Balaban J connectivity index is 2.20. The summed E-state index contributed by atoms with van der Waals surface area (Å²) in [7, 11) is 3.17. The fourth-order valence-electron chi connectivity index (χ4n) is 2.28. The van der Waals surface area contributed by atoms with Gasteiger partial charge in [0.2, 0.25) is 5.91 Å². The van der Waals surface area contributed by atoms with Crippen molar-refractivity contribution in [2.24, 2.45) is 5.73 Å². The minimum absolute atomic E-state index is 0.118. The number of likely N-dealkylation sites (tertiary alicyclic amines) is 1. The van der Waals surface area contributed by atoms with Gasteiger partial charge in [0.25, 0.3) is 0 Å². The van der Waals surface area contributed by atoms with E-state index >= 15 is 0 Å². The van der Waals surface area contributed by atoms with Gasteiger partial charge in [0.05, 0.1) is 7.11 Å². The summed E-state index contributed by atoms with van der Waals surface area (Å²) in [6.07, 6.45) is 1.84. The zero-order valence-corrected chi connectivity index (χ0v) is 12.4. The molecule has 0 aromatic carbocycles. The minimum Gasteiger partial charge on any atom is -0.453 e. The summed E-state index contributed by atoms with van der Waals surface area (Å²) in [6.45, 7) is 3.71. The molecule has 0 aromatic heterocycles. The molecule has 1 atom stereocenters. The van der Waals surface area contributed by atoms with Gasteiger partial charge in [-0.2, -0.15) is 0 Å². The Morgan fingerprint density at radius 2 is 2.25 bits per heavy atom. The summed E-state index contributed by atoms with van der Waals surface area (Å²) in [4.78, 5) is 26.9. The molecule has 0 saturated carbocycles. The topological polar surface area (TPSA) is 87.9 Å². The van der Waals surface area contributed by atoms with E-state index < -0.39 is 6.09 Å². The highest BCUT2D eigenvalue weighted by molar-refractivity contribution is 5.76. The van der Waals surface area contributed by atoms with Gasteiger partial charge in [0.15, 0.2) is 0 Å². The second-order valence-corrected chi connectivity index (χ2v) is 5.13. The Morgan fingerprint density at radius 3 is 2.90 bits per heavy atom. The molecule has 20 heavy (non-hydrogen) atoms. The van der Waals surface area contributed by atoms with Gasteiger partial charge in [-0.05, 0) is 19.4 Å². The van der Waals surface area contributed by atoms with Crippen molar-refractivity contribution in [2.45, 2.75) is 25.3 Å². The van der Waals surface area contributed by atoms with Crippen molar-refractivity contribution >= 4 is 12.0 Å². The van der Waals surface area contributed by atoms with E-state index in [1.54, 1.807) is 4.90 Å². The first kappa shape index (κ1) is 16.7. The van der Waals surface area contributed by atoms with Crippen LogP contribution in [-0.2, 0) is 9.53 Å². The fraction of sp³-hybridized carbons (Fsp3) is 0.846. The molecule has 7 nitrogen and oxygen atoms in total. The number of alkyl carbamates (subject to hydrolysis) is 1. The first-order valence-corrected chi connectivity index (χ1v) is 7.07. The lowest BCUT2D eigenvalue weighted by atomic mass is 10.3. The molecule has 0 aromatic rings. The highest BCUT2D eigenvalue weighted by Gasteiger charge is 2.24. The lowest BCUT2D eigenvalue weighted by Crippen LogP contribution is -2.38. The van der Waals surface area contributed by atoms with Crippen LogP contribution in [-0.4, -0.2) is 74.7 Å². The number of hydrogen-bond acceptors (Lipinski definition) is 5. The quantitative estimate of drug-likeness (QED) is 0.666. The van der Waals surface area contributed by atoms with Crippen LogP contribution in [0.2, 0.25) is 0 Å². The number of carbonyl (C=O) groups is 2. The Bertz CT molecular complexity index is 325. The van der Waals surface area contributed by atoms with Gasteiger partial charge in [-0.15, -0.1) is 0 Å². The average molecular weight is 286 g/mol. The van der Waals surface area contributed by atoms with Crippen LogP contribution in [0, 0.1) is 0 Å². The molecule has 3 N–H and O–H groups in total. The summed E-state index contributed by atoms with van der Waals surface area (Å²) >= 11 is 0. The van der Waals surface area contributed by atoms with Gasteiger partial charge < -0.3 is 25.6 Å². The Labute approximate surface area is 120 Å². The van der Waals surface area contributed by atoms with Gasteiger partial charge in [0.1, 0.15) is 0 Å². The number of nitrogens with zero attached hydrogens (tertiary/aromatic N) is 2. The number of nitrogens with one attached hydrogen (secondary N) is 1. The maximum absolute atomic E-state index is 11.9. The summed E-state index contributed by atoms with van der Waals surface area (Å²) in [5.41, 5.74) is 5.43. The molecule has 1 heterocycles. The van der Waals surface area contributed by atoms with Crippen LogP contribution in [0.5, 0.6) is 0 Å². The van der Waals surface area contributed by atoms with Crippen molar-refractivity contribution in [1.29, 1.82) is 0 Å². The van der Waals surface area contributed by atoms with E-state index in [1.807, 2.05) is 7.05 Å². The average Bonchev–Trinajstić information content (AvgIpc) is 2.89. The normalized spacial score (nSPS) is 18.9. The van der Waals surface area contributed by atoms with Crippen LogP contribution in [0.3, 0.4) is 0 Å². The number of ether oxygens (including phenoxy) is 1. The first-order valence-electron chi connectivity index (χ1n) is 7.07. The van der Waals surface area contributed by atoms with Crippen molar-refractivity contribution in [3.8, 4) is 0 Å². The molecule has 2 amide bonds. The number of nitrogens with two attached hydrogens (primary N) is 1. The molecule has 7 heteroatoms. The third-order valence-corrected chi connectivity index (χ3v) is 3.55. The number of hydrogen-bond donors (Lipinski definition) is 2. The van der Waals surface area contributed by atoms with E-state index in [0.29, 0.717) is 19.5 Å². The Kier molecular flexibility index (Phi) is 7.32. The molecule has 0 bridgehead atoms. The van der Waals surface area contributed by atoms with Crippen LogP contribution < -0.4 is 11.1 Å². The summed E-state index contributed by atoms with van der Waals surface area (Å²) in [6, 6.07) is 0.118. The van der Waals surface area contributed by atoms with Crippen molar-refractivity contribution in [1.82, 2.24) is 15.1 Å². The smallest absolute Gasteiger partial charge is 0.407 e. The van der Waals surface area contributed by atoms with E-state index in [-0.39, 0.29) is 11.9 Å². The summed E-state index contributed by atoms with van der Waals surface area (Å²) in [5, 5.41) is 2.78. The standard InChI is InChI=1S/C13H26N4O3/c1-16(7-3-6-14)12(18)5-9-17-8-4-11(10-17)15-13(19)20-2/h11H,3-10,14H2,1-2H3,(H,15,19). The monoisotopic (exact) mass is 286 g/mol. The van der Waals surface area contributed by atoms with Gasteiger partial charge in [-0.3, -0.25) is 4.79 Å². The highest BCUT2D eigenvalue weighted by Crippen LogP contribution is 2.10. The molecule has 1 fully saturated rings. The second kappa shape index (κ2) is 8.76. The van der Waals surface area contributed by atoms with Crippen molar-refractivity contribution in [3.05, 3.63) is 0 Å². The molecular formula is C13H26N4O3. The zero-order chi connectivity index (χ0) is 15.0. The van der Waals surface area contributed by atoms with E-state index in [2.05, 4.69) is 15.0 Å². The molecule has 0 spiro atoms. The third-order valence-electron chi connectivity index (χ3n) is 3.55. The summed E-state index contributed by atoms with van der Waals surface area (Å²) < 4.78 is 4.57. The van der Waals surface area contributed by atoms with Crippen molar-refractivity contribution in [3.63, 3.8) is 0 Å². The van der Waals surface area contributed by atoms with E-state index in [9.17, 15) is 9.59 Å². The van der Waals surface area contributed by atoms with Gasteiger partial charge >= 0.3 is 6.09 Å². The predicted molar refractivity (Wildman–Crippen MR) is 76.3 cm³/mol. The molecule has 116 valence electrons. The van der Waals surface area contributed by atoms with Crippen LogP contribution in [0.1, 0.15) is 19.3 Å². The SMILES string of the molecule is COC(=O)NC1CCN(CCC(=O)N(C)CCCN)C1. The zero-order valence-electron chi connectivity index (χ0n) is 12.4. The molecular weight excluding hydrogens is 260 g/mol. The first-order chi connectivity index (χ1) is 9.56.